The van der Waals surface area contributed by atoms with E-state index in [0.717, 1.165) is 21.0 Å². The lowest BCUT2D eigenvalue weighted by Crippen LogP contribution is -2.51. The second kappa shape index (κ2) is 13.7. The van der Waals surface area contributed by atoms with Crippen molar-refractivity contribution in [3.8, 4) is 0 Å². The largest absolute Gasteiger partial charge is 0.354 e. The van der Waals surface area contributed by atoms with Gasteiger partial charge in [-0.2, -0.15) is 0 Å². The Labute approximate surface area is 253 Å². The first-order chi connectivity index (χ1) is 19.2. The molecule has 0 aliphatic carbocycles. The number of benzene rings is 3. The molecule has 10 heteroatoms. The molecule has 0 saturated heterocycles. The second-order valence-electron chi connectivity index (χ2n) is 10.7. The number of carbonyl (C=O) groups is 2. The van der Waals surface area contributed by atoms with Crippen LogP contribution in [0.4, 0.5) is 5.69 Å². The van der Waals surface area contributed by atoms with Crippen molar-refractivity contribution in [3.63, 3.8) is 0 Å². The fraction of sp³-hybridized carbons (Fsp3) is 0.355. The molecule has 0 radical (unpaired) electrons. The third-order valence-corrected chi connectivity index (χ3v) is 8.96. The van der Waals surface area contributed by atoms with Crippen molar-refractivity contribution < 1.29 is 18.0 Å². The van der Waals surface area contributed by atoms with Gasteiger partial charge in [0.2, 0.25) is 11.8 Å². The van der Waals surface area contributed by atoms with Crippen LogP contribution in [0.25, 0.3) is 0 Å². The molecule has 0 unspecified atom stereocenters. The third kappa shape index (κ3) is 8.47. The van der Waals surface area contributed by atoms with Gasteiger partial charge in [-0.3, -0.25) is 13.9 Å². The highest BCUT2D eigenvalue weighted by Gasteiger charge is 2.33. The third-order valence-electron chi connectivity index (χ3n) is 6.59. The minimum absolute atomic E-state index is 0.0175. The summed E-state index contributed by atoms with van der Waals surface area (Å²) in [5, 5.41) is 3.64. The fourth-order valence-electron chi connectivity index (χ4n) is 4.33. The van der Waals surface area contributed by atoms with Crippen LogP contribution < -0.4 is 9.62 Å². The number of hydrogen-bond acceptors (Lipinski definition) is 4. The Balaban J connectivity index is 2.07. The number of halogens is 2. The predicted molar refractivity (Wildman–Crippen MR) is 166 cm³/mol. The van der Waals surface area contributed by atoms with Crippen molar-refractivity contribution in [1.82, 2.24) is 10.2 Å². The number of sulfonamides is 1. The van der Waals surface area contributed by atoms with Gasteiger partial charge in [-0.05, 0) is 86.7 Å². The Kier molecular flexibility index (Phi) is 10.9. The van der Waals surface area contributed by atoms with E-state index in [1.165, 1.54) is 17.0 Å². The first kappa shape index (κ1) is 32.4. The quantitative estimate of drug-likeness (QED) is 0.273. The highest BCUT2D eigenvalue weighted by Crippen LogP contribution is 2.28. The van der Waals surface area contributed by atoms with Crippen molar-refractivity contribution in [2.75, 3.05) is 17.4 Å². The van der Waals surface area contributed by atoms with Crippen molar-refractivity contribution in [1.29, 1.82) is 0 Å². The summed E-state index contributed by atoms with van der Waals surface area (Å²) in [5.74, 6) is -0.699. The topological polar surface area (TPSA) is 86.8 Å². The Morgan fingerprint density at radius 2 is 1.46 bits per heavy atom. The molecule has 0 aliphatic heterocycles. The van der Waals surface area contributed by atoms with Gasteiger partial charge in [0.25, 0.3) is 10.0 Å². The zero-order valence-corrected chi connectivity index (χ0v) is 26.6. The zero-order chi connectivity index (χ0) is 30.5. The normalized spacial score (nSPS) is 12.2. The van der Waals surface area contributed by atoms with E-state index in [1.54, 1.807) is 49.4 Å². The van der Waals surface area contributed by atoms with Gasteiger partial charge in [0, 0.05) is 23.1 Å². The molecule has 2 amide bonds. The molecule has 3 aromatic carbocycles. The van der Waals surface area contributed by atoms with Gasteiger partial charge in [-0.15, -0.1) is 0 Å². The molecule has 0 aliphatic rings. The number of amides is 2. The molecule has 0 bridgehead atoms. The van der Waals surface area contributed by atoms with Gasteiger partial charge in [0.1, 0.15) is 12.6 Å². The Bertz CT molecular complexity index is 1490. The summed E-state index contributed by atoms with van der Waals surface area (Å²) in [6, 6.07) is 15.9. The molecule has 41 heavy (non-hydrogen) atoms. The van der Waals surface area contributed by atoms with Gasteiger partial charge in [-0.1, -0.05) is 66.9 Å². The van der Waals surface area contributed by atoms with Crippen molar-refractivity contribution >= 4 is 50.7 Å². The predicted octanol–water partition coefficient (Wildman–Crippen LogP) is 6.30. The molecule has 0 spiro atoms. The summed E-state index contributed by atoms with van der Waals surface area (Å²) >= 11 is 12.5. The molecule has 3 aromatic rings. The van der Waals surface area contributed by atoms with Crippen LogP contribution in [0.3, 0.4) is 0 Å². The fourth-order valence-corrected chi connectivity index (χ4v) is 6.20. The monoisotopic (exact) mass is 617 g/mol. The van der Waals surface area contributed by atoms with E-state index in [4.69, 9.17) is 23.2 Å². The summed E-state index contributed by atoms with van der Waals surface area (Å²) in [7, 11) is -4.15. The summed E-state index contributed by atoms with van der Waals surface area (Å²) in [6.07, 6.45) is 0. The van der Waals surface area contributed by atoms with Crippen LogP contribution >= 0.6 is 23.2 Å². The van der Waals surface area contributed by atoms with Gasteiger partial charge in [0.05, 0.1) is 10.6 Å². The first-order valence-electron chi connectivity index (χ1n) is 13.4. The lowest BCUT2D eigenvalue weighted by Gasteiger charge is -2.32. The van der Waals surface area contributed by atoms with Crippen LogP contribution in [-0.2, 0) is 26.2 Å². The molecule has 0 aromatic heterocycles. The maximum atomic E-state index is 14.1. The van der Waals surface area contributed by atoms with Crippen LogP contribution in [0.2, 0.25) is 10.0 Å². The molecular formula is C31H37Cl2N3O4S. The molecular weight excluding hydrogens is 581 g/mol. The lowest BCUT2D eigenvalue weighted by atomic mass is 10.1. The average Bonchev–Trinajstić information content (AvgIpc) is 2.89. The van der Waals surface area contributed by atoms with Crippen LogP contribution in [0.15, 0.2) is 65.6 Å². The maximum absolute atomic E-state index is 14.1. The summed E-state index contributed by atoms with van der Waals surface area (Å²) in [6.45, 7) is 11.1. The van der Waals surface area contributed by atoms with Crippen LogP contribution in [0.5, 0.6) is 0 Å². The lowest BCUT2D eigenvalue weighted by molar-refractivity contribution is -0.139. The molecule has 0 fully saturated rings. The number of nitrogens with zero attached hydrogens (tertiary/aromatic N) is 2. The van der Waals surface area contributed by atoms with Crippen molar-refractivity contribution in [2.24, 2.45) is 5.92 Å². The first-order valence-corrected chi connectivity index (χ1v) is 15.6. The highest BCUT2D eigenvalue weighted by molar-refractivity contribution is 7.92. The van der Waals surface area contributed by atoms with Crippen molar-refractivity contribution in [2.45, 2.75) is 59.0 Å². The van der Waals surface area contributed by atoms with Crippen LogP contribution in [0, 0.1) is 26.7 Å². The Morgan fingerprint density at radius 1 is 0.854 bits per heavy atom. The van der Waals surface area contributed by atoms with E-state index in [9.17, 15) is 18.0 Å². The molecule has 220 valence electrons. The standard InChI is InChI=1S/C31H37Cl2N3O4S/c1-20(2)17-34-31(38)24(6)35(18-25-9-10-26(32)16-29(25)33)30(37)19-36(27-14-22(4)13-23(5)15-27)41(39,40)28-11-7-21(3)8-12-28/h7-16,20,24H,17-19H2,1-6H3,(H,34,38)/t24-/m1/s1. The second-order valence-corrected chi connectivity index (χ2v) is 13.4. The maximum Gasteiger partial charge on any atom is 0.264 e. The molecule has 7 nitrogen and oxygen atoms in total. The number of anilines is 1. The minimum Gasteiger partial charge on any atom is -0.354 e. The van der Waals surface area contributed by atoms with Gasteiger partial charge in [-0.25, -0.2) is 8.42 Å². The number of nitrogens with one attached hydrogen (secondary N) is 1. The van der Waals surface area contributed by atoms with Crippen LogP contribution in [0.1, 0.15) is 43.0 Å². The number of hydrogen-bond donors (Lipinski definition) is 1. The Hall–Kier alpha value is -3.07. The van der Waals surface area contributed by atoms with E-state index in [1.807, 2.05) is 40.7 Å². The highest BCUT2D eigenvalue weighted by atomic mass is 35.5. The number of rotatable bonds is 11. The summed E-state index contributed by atoms with van der Waals surface area (Å²) < 4.78 is 29.1. The summed E-state index contributed by atoms with van der Waals surface area (Å²) in [5.41, 5.74) is 3.54. The van der Waals surface area contributed by atoms with Gasteiger partial charge in [0.15, 0.2) is 0 Å². The van der Waals surface area contributed by atoms with E-state index in [-0.39, 0.29) is 23.3 Å². The molecule has 3 rings (SSSR count). The number of carbonyl (C=O) groups excluding carboxylic acids is 2. The minimum atomic E-state index is -4.15. The zero-order valence-electron chi connectivity index (χ0n) is 24.2. The average molecular weight is 619 g/mol. The van der Waals surface area contributed by atoms with E-state index in [2.05, 4.69) is 5.32 Å². The summed E-state index contributed by atoms with van der Waals surface area (Å²) in [4.78, 5) is 28.6. The SMILES string of the molecule is Cc1ccc(S(=O)(=O)N(CC(=O)N(Cc2ccc(Cl)cc2Cl)[C@H](C)C(=O)NCC(C)C)c2cc(C)cc(C)c2)cc1. The molecule has 0 saturated carbocycles. The van der Waals surface area contributed by atoms with Crippen LogP contribution in [-0.4, -0.2) is 44.3 Å². The number of aryl methyl sites for hydroxylation is 3. The molecule has 0 heterocycles. The van der Waals surface area contributed by atoms with Gasteiger partial charge >= 0.3 is 0 Å². The molecule has 1 atom stereocenters. The molecule has 1 N–H and O–H groups in total. The van der Waals surface area contributed by atoms with E-state index < -0.39 is 28.5 Å². The van der Waals surface area contributed by atoms with E-state index >= 15 is 0 Å². The van der Waals surface area contributed by atoms with Gasteiger partial charge < -0.3 is 10.2 Å². The Morgan fingerprint density at radius 3 is 2.02 bits per heavy atom. The van der Waals surface area contributed by atoms with Crippen molar-refractivity contribution in [3.05, 3.63) is 93.0 Å². The smallest absolute Gasteiger partial charge is 0.264 e. The van der Waals surface area contributed by atoms with E-state index in [0.29, 0.717) is 27.8 Å².